The van der Waals surface area contributed by atoms with Crippen LogP contribution in [0.5, 0.6) is 5.75 Å². The highest BCUT2D eigenvalue weighted by molar-refractivity contribution is 5.83. The SMILES string of the molecule is COc1c(C)cccc1C1(C(=O)O)CCCCC1. The van der Waals surface area contributed by atoms with Crippen LogP contribution >= 0.6 is 0 Å². The summed E-state index contributed by atoms with van der Waals surface area (Å²) < 4.78 is 5.44. The predicted octanol–water partition coefficient (Wildman–Crippen LogP) is 3.29. The Bertz CT molecular complexity index is 445. The molecule has 3 heteroatoms. The minimum Gasteiger partial charge on any atom is -0.496 e. The second-order valence-electron chi connectivity index (χ2n) is 5.10. The number of hydrogen-bond donors (Lipinski definition) is 1. The van der Waals surface area contributed by atoms with E-state index in [2.05, 4.69) is 0 Å². The molecule has 0 radical (unpaired) electrons. The van der Waals surface area contributed by atoms with Crippen molar-refractivity contribution in [3.05, 3.63) is 29.3 Å². The van der Waals surface area contributed by atoms with Crippen molar-refractivity contribution in [3.8, 4) is 5.75 Å². The van der Waals surface area contributed by atoms with Crippen molar-refractivity contribution in [1.82, 2.24) is 0 Å². The molecule has 1 aliphatic rings. The van der Waals surface area contributed by atoms with Gasteiger partial charge in [-0.2, -0.15) is 0 Å². The molecule has 0 spiro atoms. The van der Waals surface area contributed by atoms with Crippen LogP contribution in [-0.2, 0) is 10.2 Å². The van der Waals surface area contributed by atoms with E-state index in [0.29, 0.717) is 12.8 Å². The van der Waals surface area contributed by atoms with E-state index >= 15 is 0 Å². The number of benzene rings is 1. The Morgan fingerprint density at radius 3 is 2.50 bits per heavy atom. The molecule has 1 aromatic carbocycles. The van der Waals surface area contributed by atoms with Crippen LogP contribution in [0.4, 0.5) is 0 Å². The molecule has 3 nitrogen and oxygen atoms in total. The summed E-state index contributed by atoms with van der Waals surface area (Å²) >= 11 is 0. The van der Waals surface area contributed by atoms with Gasteiger partial charge >= 0.3 is 5.97 Å². The first-order valence-corrected chi connectivity index (χ1v) is 6.49. The Morgan fingerprint density at radius 1 is 1.28 bits per heavy atom. The highest BCUT2D eigenvalue weighted by Gasteiger charge is 2.43. The molecule has 2 rings (SSSR count). The summed E-state index contributed by atoms with van der Waals surface area (Å²) in [5.41, 5.74) is 1.09. The van der Waals surface area contributed by atoms with Gasteiger partial charge in [-0.15, -0.1) is 0 Å². The van der Waals surface area contributed by atoms with Gasteiger partial charge in [0, 0.05) is 5.56 Å². The fourth-order valence-corrected chi connectivity index (χ4v) is 3.05. The first-order chi connectivity index (χ1) is 8.62. The smallest absolute Gasteiger partial charge is 0.314 e. The number of methoxy groups -OCH3 is 1. The molecule has 18 heavy (non-hydrogen) atoms. The maximum absolute atomic E-state index is 11.8. The Morgan fingerprint density at radius 2 is 1.94 bits per heavy atom. The molecule has 1 N–H and O–H groups in total. The van der Waals surface area contributed by atoms with Crippen molar-refractivity contribution in [2.24, 2.45) is 0 Å². The van der Waals surface area contributed by atoms with Gasteiger partial charge < -0.3 is 9.84 Å². The zero-order valence-electron chi connectivity index (χ0n) is 11.0. The minimum atomic E-state index is -0.754. The van der Waals surface area contributed by atoms with Gasteiger partial charge in [-0.1, -0.05) is 37.5 Å². The number of ether oxygens (including phenoxy) is 1. The molecule has 0 aromatic heterocycles. The first-order valence-electron chi connectivity index (χ1n) is 6.49. The summed E-state index contributed by atoms with van der Waals surface area (Å²) in [6.45, 7) is 1.96. The van der Waals surface area contributed by atoms with Crippen LogP contribution < -0.4 is 4.74 Å². The Balaban J connectivity index is 2.55. The first kappa shape index (κ1) is 12.9. The molecule has 0 atom stereocenters. The van der Waals surface area contributed by atoms with E-state index in [0.717, 1.165) is 36.1 Å². The topological polar surface area (TPSA) is 46.5 Å². The molecule has 0 heterocycles. The molecular formula is C15H20O3. The van der Waals surface area contributed by atoms with Gasteiger partial charge in [-0.25, -0.2) is 0 Å². The van der Waals surface area contributed by atoms with Crippen molar-refractivity contribution in [1.29, 1.82) is 0 Å². The average molecular weight is 248 g/mol. The van der Waals surface area contributed by atoms with Crippen molar-refractivity contribution >= 4 is 5.97 Å². The van der Waals surface area contributed by atoms with E-state index in [1.807, 2.05) is 25.1 Å². The number of para-hydroxylation sites is 1. The third-order valence-corrected chi connectivity index (χ3v) is 4.05. The summed E-state index contributed by atoms with van der Waals surface area (Å²) in [6, 6.07) is 5.79. The van der Waals surface area contributed by atoms with Gasteiger partial charge in [-0.05, 0) is 25.3 Å². The van der Waals surface area contributed by atoms with Crippen molar-refractivity contribution in [3.63, 3.8) is 0 Å². The minimum absolute atomic E-state index is 0.710. The number of hydrogen-bond acceptors (Lipinski definition) is 2. The van der Waals surface area contributed by atoms with E-state index in [9.17, 15) is 9.90 Å². The highest BCUT2D eigenvalue weighted by Crippen LogP contribution is 2.44. The second kappa shape index (κ2) is 5.01. The number of rotatable bonds is 3. The lowest BCUT2D eigenvalue weighted by atomic mass is 9.69. The molecule has 1 aliphatic carbocycles. The highest BCUT2D eigenvalue weighted by atomic mass is 16.5. The van der Waals surface area contributed by atoms with Crippen molar-refractivity contribution < 1.29 is 14.6 Å². The maximum atomic E-state index is 11.8. The van der Waals surface area contributed by atoms with E-state index in [4.69, 9.17) is 4.74 Å². The molecule has 1 saturated carbocycles. The van der Waals surface area contributed by atoms with Crippen LogP contribution in [0, 0.1) is 6.92 Å². The summed E-state index contributed by atoms with van der Waals surface area (Å²) in [6.07, 6.45) is 4.50. The number of carboxylic acid groups (broad SMARTS) is 1. The second-order valence-corrected chi connectivity index (χ2v) is 5.10. The molecule has 0 aliphatic heterocycles. The average Bonchev–Trinajstić information content (AvgIpc) is 2.39. The number of aryl methyl sites for hydroxylation is 1. The van der Waals surface area contributed by atoms with Crippen molar-refractivity contribution in [2.45, 2.75) is 44.4 Å². The third-order valence-electron chi connectivity index (χ3n) is 4.05. The normalized spacial score (nSPS) is 18.3. The standard InChI is InChI=1S/C15H20O3/c1-11-7-6-8-12(13(11)18-2)15(14(16)17)9-4-3-5-10-15/h6-8H,3-5,9-10H2,1-2H3,(H,16,17). The molecule has 1 fully saturated rings. The quantitative estimate of drug-likeness (QED) is 0.892. The monoisotopic (exact) mass is 248 g/mol. The Kier molecular flexibility index (Phi) is 3.60. The maximum Gasteiger partial charge on any atom is 0.314 e. The van der Waals surface area contributed by atoms with E-state index in [1.165, 1.54) is 0 Å². The Labute approximate surface area is 108 Å². The van der Waals surface area contributed by atoms with E-state index < -0.39 is 11.4 Å². The zero-order valence-corrected chi connectivity index (χ0v) is 11.0. The predicted molar refractivity (Wildman–Crippen MR) is 70.1 cm³/mol. The van der Waals surface area contributed by atoms with E-state index in [1.54, 1.807) is 7.11 Å². The van der Waals surface area contributed by atoms with Crippen LogP contribution in [0.15, 0.2) is 18.2 Å². The lowest BCUT2D eigenvalue weighted by Gasteiger charge is -2.35. The van der Waals surface area contributed by atoms with Crippen LogP contribution in [0.25, 0.3) is 0 Å². The molecule has 0 amide bonds. The van der Waals surface area contributed by atoms with Gasteiger partial charge in [0.15, 0.2) is 0 Å². The van der Waals surface area contributed by atoms with Gasteiger partial charge in [0.05, 0.1) is 12.5 Å². The van der Waals surface area contributed by atoms with Crippen LogP contribution in [0.1, 0.15) is 43.2 Å². The van der Waals surface area contributed by atoms with Crippen molar-refractivity contribution in [2.75, 3.05) is 7.11 Å². The summed E-state index contributed by atoms with van der Waals surface area (Å²) in [5.74, 6) is 0.0212. The Hall–Kier alpha value is -1.51. The summed E-state index contributed by atoms with van der Waals surface area (Å²) in [4.78, 5) is 11.8. The molecule has 0 unspecified atom stereocenters. The van der Waals surface area contributed by atoms with Gasteiger partial charge in [0.25, 0.3) is 0 Å². The van der Waals surface area contributed by atoms with Gasteiger partial charge in [-0.3, -0.25) is 4.79 Å². The lowest BCUT2D eigenvalue weighted by Crippen LogP contribution is -2.38. The molecule has 0 saturated heterocycles. The largest absolute Gasteiger partial charge is 0.496 e. The van der Waals surface area contributed by atoms with Gasteiger partial charge in [0.1, 0.15) is 5.75 Å². The number of carboxylic acids is 1. The fourth-order valence-electron chi connectivity index (χ4n) is 3.05. The molecular weight excluding hydrogens is 228 g/mol. The van der Waals surface area contributed by atoms with Gasteiger partial charge in [0.2, 0.25) is 0 Å². The molecule has 1 aromatic rings. The third kappa shape index (κ3) is 1.98. The molecule has 98 valence electrons. The van der Waals surface area contributed by atoms with Crippen LogP contribution in [0.2, 0.25) is 0 Å². The number of carbonyl (C=O) groups is 1. The van der Waals surface area contributed by atoms with Crippen LogP contribution in [-0.4, -0.2) is 18.2 Å². The zero-order chi connectivity index (χ0) is 13.2. The van der Waals surface area contributed by atoms with E-state index in [-0.39, 0.29) is 0 Å². The lowest BCUT2D eigenvalue weighted by molar-refractivity contribution is -0.145. The summed E-state index contributed by atoms with van der Waals surface area (Å²) in [7, 11) is 1.62. The summed E-state index contributed by atoms with van der Waals surface area (Å²) in [5, 5.41) is 9.70. The van der Waals surface area contributed by atoms with Crippen LogP contribution in [0.3, 0.4) is 0 Å². The molecule has 0 bridgehead atoms. The number of aliphatic carboxylic acids is 1. The fraction of sp³-hybridized carbons (Fsp3) is 0.533.